The summed E-state index contributed by atoms with van der Waals surface area (Å²) in [6.45, 7) is 2.89. The van der Waals surface area contributed by atoms with E-state index in [0.29, 0.717) is 17.2 Å². The topological polar surface area (TPSA) is 61.4 Å². The van der Waals surface area contributed by atoms with Crippen molar-refractivity contribution in [1.82, 2.24) is 10.2 Å². The van der Waals surface area contributed by atoms with Gasteiger partial charge in [0.2, 0.25) is 0 Å². The molecule has 5 heteroatoms. The number of rotatable bonds is 3. The number of anilines is 1. The number of nitrogens with zero attached hydrogens (tertiary/aromatic N) is 1. The highest BCUT2D eigenvalue weighted by molar-refractivity contribution is 5.95. The van der Waals surface area contributed by atoms with Gasteiger partial charge in [-0.25, -0.2) is 4.79 Å². The average molecular weight is 323 g/mol. The Morgan fingerprint density at radius 3 is 2.29 bits per heavy atom. The quantitative estimate of drug-likeness (QED) is 0.910. The number of amides is 3. The third kappa shape index (κ3) is 3.11. The molecule has 1 aliphatic rings. The van der Waals surface area contributed by atoms with Gasteiger partial charge in [-0.1, -0.05) is 37.3 Å². The van der Waals surface area contributed by atoms with Gasteiger partial charge in [-0.3, -0.25) is 4.79 Å². The zero-order valence-electron chi connectivity index (χ0n) is 13.8. The summed E-state index contributed by atoms with van der Waals surface area (Å²) in [5, 5.41) is 5.48. The summed E-state index contributed by atoms with van der Waals surface area (Å²) in [6.07, 6.45) is 0. The summed E-state index contributed by atoms with van der Waals surface area (Å²) in [6, 6.07) is 16.9. The summed E-state index contributed by atoms with van der Waals surface area (Å²) >= 11 is 0. The van der Waals surface area contributed by atoms with Gasteiger partial charge in [0, 0.05) is 24.8 Å². The highest BCUT2D eigenvalue weighted by Crippen LogP contribution is 2.38. The molecule has 3 amide bonds. The Kier molecular flexibility index (Phi) is 4.51. The molecule has 3 rings (SSSR count). The van der Waals surface area contributed by atoms with Crippen molar-refractivity contribution in [2.45, 2.75) is 13.0 Å². The van der Waals surface area contributed by atoms with E-state index in [4.69, 9.17) is 0 Å². The molecule has 0 unspecified atom stereocenters. The van der Waals surface area contributed by atoms with Crippen LogP contribution < -0.4 is 10.6 Å². The van der Waals surface area contributed by atoms with Crippen molar-refractivity contribution < 1.29 is 9.59 Å². The van der Waals surface area contributed by atoms with Gasteiger partial charge >= 0.3 is 6.03 Å². The van der Waals surface area contributed by atoms with Crippen LogP contribution in [0, 0.1) is 5.92 Å². The molecule has 0 bridgehead atoms. The van der Waals surface area contributed by atoms with Gasteiger partial charge in [0.1, 0.15) is 0 Å². The number of hydrogen-bond acceptors (Lipinski definition) is 2. The maximum Gasteiger partial charge on any atom is 0.322 e. The maximum absolute atomic E-state index is 12.5. The Morgan fingerprint density at radius 1 is 1.04 bits per heavy atom. The third-order valence-electron chi connectivity index (χ3n) is 4.39. The van der Waals surface area contributed by atoms with Gasteiger partial charge < -0.3 is 15.5 Å². The standard InChI is InChI=1S/C19H21N3O2/c1-13-12-22(17(13)14-6-4-3-5-7-14)19(24)21-16-10-8-15(9-11-16)18(23)20-2/h3-11,13,17H,12H2,1-2H3,(H,20,23)(H,21,24)/t13-,17-/m1/s1. The lowest BCUT2D eigenvalue weighted by atomic mass is 9.85. The Labute approximate surface area is 141 Å². The minimum absolute atomic E-state index is 0.108. The molecule has 2 aromatic carbocycles. The van der Waals surface area contributed by atoms with Gasteiger partial charge in [0.15, 0.2) is 0 Å². The van der Waals surface area contributed by atoms with Crippen LogP contribution >= 0.6 is 0 Å². The first-order chi connectivity index (χ1) is 11.6. The minimum atomic E-state index is -0.145. The summed E-state index contributed by atoms with van der Waals surface area (Å²) in [4.78, 5) is 25.9. The number of hydrogen-bond donors (Lipinski definition) is 2. The molecule has 2 aromatic rings. The molecule has 5 nitrogen and oxygen atoms in total. The Bertz CT molecular complexity index is 728. The summed E-state index contributed by atoms with van der Waals surface area (Å²) in [5.41, 5.74) is 2.40. The lowest BCUT2D eigenvalue weighted by Crippen LogP contribution is -2.53. The molecule has 0 aromatic heterocycles. The largest absolute Gasteiger partial charge is 0.355 e. The molecule has 2 atom stereocenters. The Hall–Kier alpha value is -2.82. The average Bonchev–Trinajstić information content (AvgIpc) is 2.60. The van der Waals surface area contributed by atoms with E-state index >= 15 is 0 Å². The minimum Gasteiger partial charge on any atom is -0.355 e. The second-order valence-corrected chi connectivity index (χ2v) is 6.07. The van der Waals surface area contributed by atoms with E-state index in [1.807, 2.05) is 23.1 Å². The smallest absolute Gasteiger partial charge is 0.322 e. The Morgan fingerprint density at radius 2 is 1.71 bits per heavy atom. The zero-order valence-corrected chi connectivity index (χ0v) is 13.8. The highest BCUT2D eigenvalue weighted by atomic mass is 16.2. The van der Waals surface area contributed by atoms with Crippen molar-refractivity contribution in [3.8, 4) is 0 Å². The molecule has 124 valence electrons. The van der Waals surface area contributed by atoms with Crippen LogP contribution in [0.25, 0.3) is 0 Å². The van der Waals surface area contributed by atoms with Crippen molar-refractivity contribution >= 4 is 17.6 Å². The van der Waals surface area contributed by atoms with Crippen LogP contribution in [0.15, 0.2) is 54.6 Å². The first-order valence-corrected chi connectivity index (χ1v) is 8.05. The van der Waals surface area contributed by atoms with Crippen LogP contribution in [-0.4, -0.2) is 30.4 Å². The first-order valence-electron chi connectivity index (χ1n) is 8.05. The second-order valence-electron chi connectivity index (χ2n) is 6.07. The zero-order chi connectivity index (χ0) is 17.1. The molecule has 1 fully saturated rings. The highest BCUT2D eigenvalue weighted by Gasteiger charge is 2.39. The summed E-state index contributed by atoms with van der Waals surface area (Å²) < 4.78 is 0. The van der Waals surface area contributed by atoms with Crippen molar-refractivity contribution in [1.29, 1.82) is 0 Å². The second kappa shape index (κ2) is 6.74. The fourth-order valence-electron chi connectivity index (χ4n) is 3.11. The van der Waals surface area contributed by atoms with E-state index in [1.54, 1.807) is 31.3 Å². The molecule has 1 aliphatic heterocycles. The molecular weight excluding hydrogens is 302 g/mol. The number of carbonyl (C=O) groups excluding carboxylic acids is 2. The Balaban J connectivity index is 1.68. The van der Waals surface area contributed by atoms with Gasteiger partial charge in [-0.05, 0) is 35.7 Å². The van der Waals surface area contributed by atoms with Crippen molar-refractivity contribution in [3.63, 3.8) is 0 Å². The molecule has 0 radical (unpaired) electrons. The van der Waals surface area contributed by atoms with Crippen LogP contribution in [0.1, 0.15) is 28.9 Å². The fraction of sp³-hybridized carbons (Fsp3) is 0.263. The van der Waals surface area contributed by atoms with E-state index in [9.17, 15) is 9.59 Å². The molecule has 2 N–H and O–H groups in total. The van der Waals surface area contributed by atoms with E-state index in [0.717, 1.165) is 12.1 Å². The van der Waals surface area contributed by atoms with Gasteiger partial charge in [-0.2, -0.15) is 0 Å². The molecule has 0 saturated carbocycles. The number of carbonyl (C=O) groups is 2. The summed E-state index contributed by atoms with van der Waals surface area (Å²) in [5.74, 6) is 0.294. The van der Waals surface area contributed by atoms with E-state index in [1.165, 1.54) is 0 Å². The molecular formula is C19H21N3O2. The number of urea groups is 1. The monoisotopic (exact) mass is 323 g/mol. The van der Waals surface area contributed by atoms with Crippen LogP contribution in [0.2, 0.25) is 0 Å². The van der Waals surface area contributed by atoms with Gasteiger partial charge in [-0.15, -0.1) is 0 Å². The van der Waals surface area contributed by atoms with E-state index in [2.05, 4.69) is 29.7 Å². The first kappa shape index (κ1) is 16.1. The third-order valence-corrected chi connectivity index (χ3v) is 4.39. The molecule has 1 heterocycles. The van der Waals surface area contributed by atoms with E-state index in [-0.39, 0.29) is 18.0 Å². The number of benzene rings is 2. The van der Waals surface area contributed by atoms with Crippen molar-refractivity contribution in [3.05, 3.63) is 65.7 Å². The molecule has 1 saturated heterocycles. The number of nitrogens with one attached hydrogen (secondary N) is 2. The number of likely N-dealkylation sites (tertiary alicyclic amines) is 1. The van der Waals surface area contributed by atoms with E-state index < -0.39 is 0 Å². The molecule has 24 heavy (non-hydrogen) atoms. The van der Waals surface area contributed by atoms with Gasteiger partial charge in [0.25, 0.3) is 5.91 Å². The molecule has 0 spiro atoms. The van der Waals surface area contributed by atoms with Crippen LogP contribution in [0.5, 0.6) is 0 Å². The van der Waals surface area contributed by atoms with Crippen LogP contribution in [-0.2, 0) is 0 Å². The SMILES string of the molecule is CNC(=O)c1ccc(NC(=O)N2C[C@@H](C)[C@@H]2c2ccccc2)cc1. The van der Waals surface area contributed by atoms with Crippen LogP contribution in [0.3, 0.4) is 0 Å². The van der Waals surface area contributed by atoms with Gasteiger partial charge in [0.05, 0.1) is 6.04 Å². The normalized spacial score (nSPS) is 19.3. The maximum atomic E-state index is 12.5. The fourth-order valence-corrected chi connectivity index (χ4v) is 3.11. The van der Waals surface area contributed by atoms with Crippen molar-refractivity contribution in [2.24, 2.45) is 5.92 Å². The summed E-state index contributed by atoms with van der Waals surface area (Å²) in [7, 11) is 1.59. The van der Waals surface area contributed by atoms with Crippen molar-refractivity contribution in [2.75, 3.05) is 18.9 Å². The molecule has 0 aliphatic carbocycles. The predicted octanol–water partition coefficient (Wildman–Crippen LogP) is 3.27. The predicted molar refractivity (Wildman–Crippen MR) is 93.9 cm³/mol. The lowest BCUT2D eigenvalue weighted by molar-refractivity contribution is 0.0671. The van der Waals surface area contributed by atoms with Crippen LogP contribution in [0.4, 0.5) is 10.5 Å². The lowest BCUT2D eigenvalue weighted by Gasteiger charge is -2.46.